The number of carbonyl (C=O) groups is 1. The maximum atomic E-state index is 12.6. The van der Waals surface area contributed by atoms with Gasteiger partial charge in [-0.2, -0.15) is 4.37 Å². The van der Waals surface area contributed by atoms with Crippen molar-refractivity contribution >= 4 is 22.6 Å². The predicted molar refractivity (Wildman–Crippen MR) is 93.1 cm³/mol. The van der Waals surface area contributed by atoms with E-state index in [0.29, 0.717) is 12.5 Å². The molecule has 0 radical (unpaired) electrons. The highest BCUT2D eigenvalue weighted by molar-refractivity contribution is 7.09. The van der Waals surface area contributed by atoms with Gasteiger partial charge in [-0.25, -0.2) is 4.98 Å². The Bertz CT molecular complexity index is 601. The summed E-state index contributed by atoms with van der Waals surface area (Å²) in [6.07, 6.45) is 8.09. The van der Waals surface area contributed by atoms with Gasteiger partial charge in [0.15, 0.2) is 0 Å². The Balaban J connectivity index is 1.45. The molecule has 7 heteroatoms. The van der Waals surface area contributed by atoms with Crippen LogP contribution in [0.3, 0.4) is 0 Å². The van der Waals surface area contributed by atoms with Gasteiger partial charge >= 0.3 is 0 Å². The number of rotatable bonds is 5. The van der Waals surface area contributed by atoms with Gasteiger partial charge < -0.3 is 15.4 Å². The van der Waals surface area contributed by atoms with Crippen molar-refractivity contribution in [2.45, 2.75) is 76.0 Å². The fourth-order valence-corrected chi connectivity index (χ4v) is 5.29. The summed E-state index contributed by atoms with van der Waals surface area (Å²) >= 11 is 1.43. The van der Waals surface area contributed by atoms with Crippen molar-refractivity contribution in [1.82, 2.24) is 14.7 Å². The molecule has 132 valence electrons. The standard InChI is InChI=1S/C17H26N4O2S/c1-2-14-19-16(24-21-14)20-17-7-6-11(10-17)9-13(17)18-15(22)12-5-3-4-8-23-12/h11-13H,2-10H2,1H3,(H,18,22)(H,19,20,21). The quantitative estimate of drug-likeness (QED) is 0.853. The molecule has 6 nitrogen and oxygen atoms in total. The fraction of sp³-hybridized carbons (Fsp3) is 0.824. The second-order valence-corrected chi connectivity index (χ2v) is 8.16. The van der Waals surface area contributed by atoms with Crippen molar-refractivity contribution in [3.05, 3.63) is 5.82 Å². The molecular formula is C17H26N4O2S. The van der Waals surface area contributed by atoms with Crippen molar-refractivity contribution in [2.75, 3.05) is 11.9 Å². The summed E-state index contributed by atoms with van der Waals surface area (Å²) in [7, 11) is 0. The number of amides is 1. The second kappa shape index (κ2) is 6.59. The first-order valence-corrected chi connectivity index (χ1v) is 9.98. The average molecular weight is 350 g/mol. The molecule has 2 heterocycles. The number of ether oxygens (including phenoxy) is 1. The molecule has 1 aromatic rings. The molecular weight excluding hydrogens is 324 g/mol. The van der Waals surface area contributed by atoms with Crippen LogP contribution in [0.5, 0.6) is 0 Å². The van der Waals surface area contributed by atoms with E-state index in [0.717, 1.165) is 55.9 Å². The number of nitrogens with one attached hydrogen (secondary N) is 2. The molecule has 1 saturated heterocycles. The molecule has 24 heavy (non-hydrogen) atoms. The second-order valence-electron chi connectivity index (χ2n) is 7.41. The first kappa shape index (κ1) is 16.3. The molecule has 2 N–H and O–H groups in total. The molecule has 0 aromatic carbocycles. The number of fused-ring (bicyclic) bond motifs is 2. The molecule has 1 aromatic heterocycles. The monoisotopic (exact) mass is 350 g/mol. The van der Waals surface area contributed by atoms with Crippen LogP contribution in [0.2, 0.25) is 0 Å². The lowest BCUT2D eigenvalue weighted by Gasteiger charge is -2.37. The lowest BCUT2D eigenvalue weighted by atomic mass is 9.88. The molecule has 0 spiro atoms. The summed E-state index contributed by atoms with van der Waals surface area (Å²) in [5.74, 6) is 1.66. The lowest BCUT2D eigenvalue weighted by molar-refractivity contribution is -0.136. The van der Waals surface area contributed by atoms with E-state index in [1.807, 2.05) is 0 Å². The highest BCUT2D eigenvalue weighted by atomic mass is 32.1. The highest BCUT2D eigenvalue weighted by Crippen LogP contribution is 2.49. The molecule has 4 rings (SSSR count). The van der Waals surface area contributed by atoms with Gasteiger partial charge in [-0.05, 0) is 50.9 Å². The summed E-state index contributed by atoms with van der Waals surface area (Å²) in [5.41, 5.74) is -0.0560. The van der Waals surface area contributed by atoms with Crippen molar-refractivity contribution in [3.63, 3.8) is 0 Å². The Hall–Kier alpha value is -1.21. The largest absolute Gasteiger partial charge is 0.368 e. The van der Waals surface area contributed by atoms with Crippen LogP contribution in [0.15, 0.2) is 0 Å². The Morgan fingerprint density at radius 1 is 1.42 bits per heavy atom. The number of nitrogens with zero attached hydrogens (tertiary/aromatic N) is 2. The zero-order chi connectivity index (χ0) is 16.6. The predicted octanol–water partition coefficient (Wildman–Crippen LogP) is 2.51. The van der Waals surface area contributed by atoms with Crippen molar-refractivity contribution in [3.8, 4) is 0 Å². The van der Waals surface area contributed by atoms with E-state index >= 15 is 0 Å². The highest BCUT2D eigenvalue weighted by Gasteiger charge is 2.53. The molecule has 2 saturated carbocycles. The third-order valence-corrected chi connectivity index (χ3v) is 6.48. The van der Waals surface area contributed by atoms with Crippen LogP contribution < -0.4 is 10.6 Å². The zero-order valence-corrected chi connectivity index (χ0v) is 15.0. The van der Waals surface area contributed by atoms with E-state index in [1.54, 1.807) is 0 Å². The summed E-state index contributed by atoms with van der Waals surface area (Å²) in [5, 5.41) is 7.83. The van der Waals surface area contributed by atoms with E-state index in [9.17, 15) is 4.79 Å². The first-order chi connectivity index (χ1) is 11.7. The normalized spacial score (nSPS) is 35.1. The number of carbonyl (C=O) groups excluding carboxylic acids is 1. The van der Waals surface area contributed by atoms with Crippen LogP contribution >= 0.6 is 11.5 Å². The van der Waals surface area contributed by atoms with Gasteiger partial charge in [0, 0.05) is 24.6 Å². The summed E-state index contributed by atoms with van der Waals surface area (Å²) in [6.45, 7) is 2.78. The van der Waals surface area contributed by atoms with Gasteiger partial charge in [0.2, 0.25) is 11.0 Å². The SMILES string of the molecule is CCc1nsc(NC23CCC(CC2NC(=O)C2CCCCO2)C3)n1. The maximum Gasteiger partial charge on any atom is 0.249 e. The maximum absolute atomic E-state index is 12.6. The number of aromatic nitrogens is 2. The van der Waals surface area contributed by atoms with E-state index in [-0.39, 0.29) is 23.6 Å². The Kier molecular flexibility index (Phi) is 4.47. The smallest absolute Gasteiger partial charge is 0.249 e. The third-order valence-electron chi connectivity index (χ3n) is 5.82. The summed E-state index contributed by atoms with van der Waals surface area (Å²) in [4.78, 5) is 17.2. The van der Waals surface area contributed by atoms with Gasteiger partial charge in [-0.1, -0.05) is 6.92 Å². The van der Waals surface area contributed by atoms with Gasteiger partial charge in [0.1, 0.15) is 11.9 Å². The van der Waals surface area contributed by atoms with Gasteiger partial charge in [0.05, 0.1) is 11.6 Å². The van der Waals surface area contributed by atoms with Crippen molar-refractivity contribution < 1.29 is 9.53 Å². The molecule has 2 bridgehead atoms. The molecule has 4 atom stereocenters. The minimum atomic E-state index is -0.261. The molecule has 1 aliphatic heterocycles. The van der Waals surface area contributed by atoms with Crippen LogP contribution in [-0.4, -0.2) is 39.6 Å². The van der Waals surface area contributed by atoms with E-state index in [4.69, 9.17) is 4.74 Å². The Morgan fingerprint density at radius 3 is 3.04 bits per heavy atom. The van der Waals surface area contributed by atoms with Gasteiger partial charge in [-0.15, -0.1) is 0 Å². The first-order valence-electron chi connectivity index (χ1n) is 9.21. The van der Waals surface area contributed by atoms with Crippen molar-refractivity contribution in [2.24, 2.45) is 5.92 Å². The molecule has 2 aliphatic carbocycles. The van der Waals surface area contributed by atoms with E-state index in [2.05, 4.69) is 26.9 Å². The Morgan fingerprint density at radius 2 is 2.33 bits per heavy atom. The number of anilines is 1. The lowest BCUT2D eigenvalue weighted by Crippen LogP contribution is -2.56. The summed E-state index contributed by atoms with van der Waals surface area (Å²) in [6, 6.07) is 0.170. The van der Waals surface area contributed by atoms with Crippen LogP contribution in [0.25, 0.3) is 0 Å². The van der Waals surface area contributed by atoms with Crippen LogP contribution in [0.4, 0.5) is 5.13 Å². The van der Waals surface area contributed by atoms with Gasteiger partial charge in [-0.3, -0.25) is 4.79 Å². The topological polar surface area (TPSA) is 76.1 Å². The minimum absolute atomic E-state index is 0.0560. The van der Waals surface area contributed by atoms with E-state index < -0.39 is 0 Å². The summed E-state index contributed by atoms with van der Waals surface area (Å²) < 4.78 is 10.0. The average Bonchev–Trinajstić information content (AvgIpc) is 3.30. The van der Waals surface area contributed by atoms with Crippen LogP contribution in [-0.2, 0) is 16.0 Å². The molecule has 4 unspecified atom stereocenters. The van der Waals surface area contributed by atoms with Crippen LogP contribution in [0, 0.1) is 5.92 Å². The van der Waals surface area contributed by atoms with Gasteiger partial charge in [0.25, 0.3) is 0 Å². The number of aryl methyl sites for hydroxylation is 1. The molecule has 3 fully saturated rings. The minimum Gasteiger partial charge on any atom is -0.368 e. The molecule has 3 aliphatic rings. The van der Waals surface area contributed by atoms with E-state index in [1.165, 1.54) is 18.0 Å². The zero-order valence-electron chi connectivity index (χ0n) is 14.2. The number of hydrogen-bond acceptors (Lipinski definition) is 6. The number of hydrogen-bond donors (Lipinski definition) is 2. The third kappa shape index (κ3) is 3.04. The van der Waals surface area contributed by atoms with Crippen LogP contribution in [0.1, 0.15) is 57.7 Å². The fourth-order valence-electron chi connectivity index (χ4n) is 4.53. The molecule has 1 amide bonds. The Labute approximate surface area is 146 Å². The van der Waals surface area contributed by atoms with Crippen molar-refractivity contribution in [1.29, 1.82) is 0 Å².